The Labute approximate surface area is 121 Å². The van der Waals surface area contributed by atoms with Crippen LogP contribution in [0.2, 0.25) is 0 Å². The molecule has 0 aliphatic heterocycles. The highest BCUT2D eigenvalue weighted by molar-refractivity contribution is 5.87. The fraction of sp³-hybridized carbons (Fsp3) is 0.286. The topological polar surface area (TPSA) is 91.0 Å². The van der Waals surface area contributed by atoms with E-state index in [9.17, 15) is 4.79 Å². The van der Waals surface area contributed by atoms with Crippen molar-refractivity contribution in [2.45, 2.75) is 6.92 Å². The lowest BCUT2D eigenvalue weighted by Crippen LogP contribution is -1.99. The molecule has 0 aliphatic carbocycles. The lowest BCUT2D eigenvalue weighted by atomic mass is 10.1. The predicted molar refractivity (Wildman–Crippen MR) is 73.3 cm³/mol. The number of nitrogens with zero attached hydrogens (tertiary/aromatic N) is 1. The minimum absolute atomic E-state index is 0.137. The van der Waals surface area contributed by atoms with E-state index in [0.29, 0.717) is 22.8 Å². The van der Waals surface area contributed by atoms with Gasteiger partial charge in [0.15, 0.2) is 17.2 Å². The summed E-state index contributed by atoms with van der Waals surface area (Å²) in [5.74, 6) is 0.589. The van der Waals surface area contributed by atoms with Gasteiger partial charge in [-0.25, -0.2) is 9.78 Å². The zero-order valence-corrected chi connectivity index (χ0v) is 12.1. The van der Waals surface area contributed by atoms with E-state index in [2.05, 4.69) is 4.98 Å². The zero-order chi connectivity index (χ0) is 15.6. The number of carboxylic acids is 1. The van der Waals surface area contributed by atoms with Crippen molar-refractivity contribution in [2.24, 2.45) is 0 Å². The number of hydrogen-bond acceptors (Lipinski definition) is 6. The van der Waals surface area contributed by atoms with E-state index in [1.54, 1.807) is 12.1 Å². The van der Waals surface area contributed by atoms with Gasteiger partial charge in [-0.05, 0) is 6.92 Å². The fourth-order valence-electron chi connectivity index (χ4n) is 1.91. The first-order chi connectivity index (χ1) is 10.0. The maximum Gasteiger partial charge on any atom is 0.358 e. The Morgan fingerprint density at radius 3 is 2.14 bits per heavy atom. The molecule has 0 atom stereocenters. The van der Waals surface area contributed by atoms with Gasteiger partial charge in [-0.2, -0.15) is 0 Å². The number of carboxylic acid groups (broad SMARTS) is 1. The van der Waals surface area contributed by atoms with Gasteiger partial charge in [0.2, 0.25) is 5.89 Å². The van der Waals surface area contributed by atoms with E-state index >= 15 is 0 Å². The van der Waals surface area contributed by atoms with Crippen molar-refractivity contribution in [2.75, 3.05) is 21.3 Å². The van der Waals surface area contributed by atoms with Gasteiger partial charge in [-0.1, -0.05) is 0 Å². The molecule has 0 amide bonds. The molecule has 0 unspecified atom stereocenters. The molecule has 0 aliphatic rings. The van der Waals surface area contributed by atoms with Crippen molar-refractivity contribution in [1.29, 1.82) is 0 Å². The maximum atomic E-state index is 11.0. The van der Waals surface area contributed by atoms with Crippen LogP contribution in [0.25, 0.3) is 11.5 Å². The molecule has 0 spiro atoms. The Bertz CT molecular complexity index is 676. The van der Waals surface area contributed by atoms with Crippen LogP contribution >= 0.6 is 0 Å². The smallest absolute Gasteiger partial charge is 0.358 e. The van der Waals surface area contributed by atoms with Gasteiger partial charge in [-0.3, -0.25) is 0 Å². The minimum atomic E-state index is -1.15. The third kappa shape index (κ3) is 2.62. The Kier molecular flexibility index (Phi) is 4.02. The lowest BCUT2D eigenvalue weighted by molar-refractivity contribution is 0.0689. The van der Waals surface area contributed by atoms with Gasteiger partial charge < -0.3 is 23.7 Å². The Hall–Kier alpha value is -2.70. The number of carbonyl (C=O) groups is 1. The number of ether oxygens (including phenoxy) is 3. The van der Waals surface area contributed by atoms with E-state index in [-0.39, 0.29) is 17.3 Å². The number of oxazole rings is 1. The van der Waals surface area contributed by atoms with Crippen molar-refractivity contribution in [3.05, 3.63) is 23.6 Å². The summed E-state index contributed by atoms with van der Waals surface area (Å²) in [7, 11) is 4.49. The van der Waals surface area contributed by atoms with Crippen LogP contribution in [0.4, 0.5) is 0 Å². The Balaban J connectivity index is 2.62. The van der Waals surface area contributed by atoms with Gasteiger partial charge in [0.25, 0.3) is 0 Å². The molecule has 0 saturated heterocycles. The molecule has 2 rings (SSSR count). The summed E-state index contributed by atoms with van der Waals surface area (Å²) < 4.78 is 21.1. The molecule has 7 heteroatoms. The monoisotopic (exact) mass is 293 g/mol. The number of aromatic carboxylic acids is 1. The number of rotatable bonds is 5. The Morgan fingerprint density at radius 2 is 1.67 bits per heavy atom. The summed E-state index contributed by atoms with van der Waals surface area (Å²) in [6.07, 6.45) is 0. The van der Waals surface area contributed by atoms with E-state index < -0.39 is 5.97 Å². The molecule has 112 valence electrons. The molecule has 1 aromatic heterocycles. The van der Waals surface area contributed by atoms with Crippen molar-refractivity contribution < 1.29 is 28.5 Å². The molecule has 0 radical (unpaired) electrons. The van der Waals surface area contributed by atoms with Gasteiger partial charge in [-0.15, -0.1) is 0 Å². The first-order valence-corrected chi connectivity index (χ1v) is 6.03. The molecular weight excluding hydrogens is 278 g/mol. The van der Waals surface area contributed by atoms with Gasteiger partial charge in [0.1, 0.15) is 11.5 Å². The van der Waals surface area contributed by atoms with E-state index in [1.807, 2.05) is 0 Å². The van der Waals surface area contributed by atoms with Gasteiger partial charge >= 0.3 is 5.97 Å². The standard InChI is InChI=1S/C14H15NO6/c1-7-12(14(16)17)15-13(21-7)8-5-10(19-3)11(20-4)6-9(8)18-2/h5-6H,1-4H3,(H,16,17). The average Bonchev–Trinajstić information content (AvgIpc) is 2.87. The summed E-state index contributed by atoms with van der Waals surface area (Å²) in [5.41, 5.74) is 0.340. The molecule has 0 fully saturated rings. The second kappa shape index (κ2) is 5.74. The second-order valence-electron chi connectivity index (χ2n) is 4.14. The summed E-state index contributed by atoms with van der Waals surface area (Å²) in [6, 6.07) is 3.24. The number of methoxy groups -OCH3 is 3. The van der Waals surface area contributed by atoms with E-state index in [4.69, 9.17) is 23.7 Å². The zero-order valence-electron chi connectivity index (χ0n) is 12.1. The number of hydrogen-bond donors (Lipinski definition) is 1. The van der Waals surface area contributed by atoms with Crippen LogP contribution in [0.3, 0.4) is 0 Å². The molecule has 21 heavy (non-hydrogen) atoms. The van der Waals surface area contributed by atoms with Crippen LogP contribution in [-0.4, -0.2) is 37.4 Å². The highest BCUT2D eigenvalue weighted by atomic mass is 16.5. The normalized spacial score (nSPS) is 10.3. The van der Waals surface area contributed by atoms with Gasteiger partial charge in [0.05, 0.1) is 26.9 Å². The van der Waals surface area contributed by atoms with Crippen LogP contribution in [0.5, 0.6) is 17.2 Å². The second-order valence-corrected chi connectivity index (χ2v) is 4.14. The summed E-state index contributed by atoms with van der Waals surface area (Å²) >= 11 is 0. The van der Waals surface area contributed by atoms with E-state index in [1.165, 1.54) is 28.3 Å². The van der Waals surface area contributed by atoms with E-state index in [0.717, 1.165) is 0 Å². The van der Waals surface area contributed by atoms with Crippen molar-refractivity contribution >= 4 is 5.97 Å². The van der Waals surface area contributed by atoms with Crippen molar-refractivity contribution in [1.82, 2.24) is 4.98 Å². The molecule has 1 aromatic carbocycles. The molecule has 7 nitrogen and oxygen atoms in total. The SMILES string of the molecule is COc1cc(OC)c(-c2nc(C(=O)O)c(C)o2)cc1OC. The third-order valence-electron chi connectivity index (χ3n) is 2.94. The molecule has 0 bridgehead atoms. The molecular formula is C14H15NO6. The minimum Gasteiger partial charge on any atom is -0.496 e. The Morgan fingerprint density at radius 1 is 1.10 bits per heavy atom. The number of aryl methyl sites for hydroxylation is 1. The summed E-state index contributed by atoms with van der Waals surface area (Å²) in [6.45, 7) is 1.53. The molecule has 2 aromatic rings. The summed E-state index contributed by atoms with van der Waals surface area (Å²) in [4.78, 5) is 15.0. The number of aromatic nitrogens is 1. The highest BCUT2D eigenvalue weighted by Gasteiger charge is 2.21. The first kappa shape index (κ1) is 14.7. The van der Waals surface area contributed by atoms with Crippen LogP contribution < -0.4 is 14.2 Å². The van der Waals surface area contributed by atoms with Gasteiger partial charge in [0, 0.05) is 12.1 Å². The average molecular weight is 293 g/mol. The highest BCUT2D eigenvalue weighted by Crippen LogP contribution is 2.40. The molecule has 1 N–H and O–H groups in total. The van der Waals surface area contributed by atoms with Crippen molar-refractivity contribution in [3.63, 3.8) is 0 Å². The lowest BCUT2D eigenvalue weighted by Gasteiger charge is -2.12. The third-order valence-corrected chi connectivity index (χ3v) is 2.94. The van der Waals surface area contributed by atoms with Crippen LogP contribution in [-0.2, 0) is 0 Å². The quantitative estimate of drug-likeness (QED) is 0.904. The number of benzene rings is 1. The largest absolute Gasteiger partial charge is 0.496 e. The van der Waals surface area contributed by atoms with Crippen molar-refractivity contribution in [3.8, 4) is 28.7 Å². The predicted octanol–water partition coefficient (Wildman–Crippen LogP) is 2.37. The van der Waals surface area contributed by atoms with Crippen LogP contribution in [0, 0.1) is 6.92 Å². The summed E-state index contributed by atoms with van der Waals surface area (Å²) in [5, 5.41) is 9.04. The van der Waals surface area contributed by atoms with Crippen LogP contribution in [0.15, 0.2) is 16.5 Å². The first-order valence-electron chi connectivity index (χ1n) is 6.03. The molecule has 1 heterocycles. The fourth-order valence-corrected chi connectivity index (χ4v) is 1.91. The van der Waals surface area contributed by atoms with Crippen LogP contribution in [0.1, 0.15) is 16.2 Å². The molecule has 0 saturated carbocycles. The maximum absolute atomic E-state index is 11.0.